The van der Waals surface area contributed by atoms with Crippen molar-refractivity contribution in [1.29, 1.82) is 0 Å². The molecule has 0 bridgehead atoms. The summed E-state index contributed by atoms with van der Waals surface area (Å²) in [6, 6.07) is 7.93. The molecule has 0 atom stereocenters. The van der Waals surface area contributed by atoms with Crippen molar-refractivity contribution in [2.75, 3.05) is 6.79 Å². The molecule has 0 saturated carbocycles. The lowest BCUT2D eigenvalue weighted by Crippen LogP contribution is -1.92. The molecular weight excluding hydrogens is 341 g/mol. The summed E-state index contributed by atoms with van der Waals surface area (Å²) in [5, 5.41) is 0. The molecule has 0 radical (unpaired) electrons. The minimum Gasteiger partial charge on any atom is -0.454 e. The van der Waals surface area contributed by atoms with E-state index in [4.69, 9.17) is 9.47 Å². The quantitative estimate of drug-likeness (QED) is 0.775. The molecular formula is C14H10INO2. The highest BCUT2D eigenvalue weighted by atomic mass is 127. The van der Waals surface area contributed by atoms with Crippen LogP contribution in [-0.2, 0) is 0 Å². The van der Waals surface area contributed by atoms with Crippen LogP contribution in [0.1, 0.15) is 11.1 Å². The van der Waals surface area contributed by atoms with Gasteiger partial charge < -0.3 is 9.47 Å². The minimum atomic E-state index is 0.307. The highest BCUT2D eigenvalue weighted by Gasteiger charge is 2.14. The van der Waals surface area contributed by atoms with Crippen molar-refractivity contribution in [3.05, 3.63) is 51.4 Å². The number of nitrogens with zero attached hydrogens (tertiary/aromatic N) is 1. The van der Waals surface area contributed by atoms with Crippen LogP contribution in [-0.4, -0.2) is 11.8 Å². The lowest BCUT2D eigenvalue weighted by atomic mass is 10.1. The molecule has 2 aromatic rings. The lowest BCUT2D eigenvalue weighted by molar-refractivity contribution is 0.174. The van der Waals surface area contributed by atoms with Gasteiger partial charge in [0, 0.05) is 16.0 Å². The number of halogens is 1. The molecule has 1 aromatic carbocycles. The fourth-order valence-electron chi connectivity index (χ4n) is 1.72. The molecule has 0 amide bonds. The maximum Gasteiger partial charge on any atom is 0.231 e. The van der Waals surface area contributed by atoms with Gasteiger partial charge in [-0.3, -0.25) is 4.98 Å². The van der Waals surface area contributed by atoms with E-state index in [0.717, 1.165) is 26.2 Å². The molecule has 3 rings (SSSR count). The second kappa shape index (κ2) is 4.97. The monoisotopic (exact) mass is 351 g/mol. The number of rotatable bonds is 2. The molecule has 0 saturated heterocycles. The van der Waals surface area contributed by atoms with E-state index < -0.39 is 0 Å². The van der Waals surface area contributed by atoms with Crippen LogP contribution in [0.5, 0.6) is 11.5 Å². The van der Waals surface area contributed by atoms with Crippen molar-refractivity contribution in [3.63, 3.8) is 0 Å². The van der Waals surface area contributed by atoms with Gasteiger partial charge in [0.25, 0.3) is 0 Å². The van der Waals surface area contributed by atoms with Crippen molar-refractivity contribution in [2.45, 2.75) is 0 Å². The molecule has 2 heterocycles. The summed E-state index contributed by atoms with van der Waals surface area (Å²) < 4.78 is 11.8. The van der Waals surface area contributed by atoms with Crippen LogP contribution in [0.15, 0.2) is 36.7 Å². The number of hydrogen-bond acceptors (Lipinski definition) is 3. The summed E-state index contributed by atoms with van der Waals surface area (Å²) in [4.78, 5) is 4.08. The van der Waals surface area contributed by atoms with Crippen LogP contribution in [0.25, 0.3) is 12.2 Å². The lowest BCUT2D eigenvalue weighted by Gasteiger charge is -2.01. The summed E-state index contributed by atoms with van der Waals surface area (Å²) >= 11 is 2.29. The van der Waals surface area contributed by atoms with Gasteiger partial charge in [-0.1, -0.05) is 18.2 Å². The Labute approximate surface area is 119 Å². The van der Waals surface area contributed by atoms with E-state index in [1.807, 2.05) is 36.5 Å². The third kappa shape index (κ3) is 2.33. The molecule has 1 aliphatic rings. The summed E-state index contributed by atoms with van der Waals surface area (Å²) in [6.45, 7) is 0.307. The normalized spacial score (nSPS) is 13.2. The van der Waals surface area contributed by atoms with Crippen molar-refractivity contribution in [3.8, 4) is 11.5 Å². The van der Waals surface area contributed by atoms with Gasteiger partial charge in [0.2, 0.25) is 6.79 Å². The van der Waals surface area contributed by atoms with Gasteiger partial charge in [0.05, 0.1) is 0 Å². The molecule has 3 nitrogen and oxygen atoms in total. The number of hydrogen-bond donors (Lipinski definition) is 0. The van der Waals surface area contributed by atoms with E-state index >= 15 is 0 Å². The van der Waals surface area contributed by atoms with Gasteiger partial charge in [0.15, 0.2) is 11.5 Å². The van der Waals surface area contributed by atoms with E-state index in [0.29, 0.717) is 6.79 Å². The predicted octanol–water partition coefficient (Wildman–Crippen LogP) is 3.59. The molecule has 1 aliphatic heterocycles. The zero-order valence-corrected chi connectivity index (χ0v) is 11.6. The van der Waals surface area contributed by atoms with E-state index in [2.05, 4.69) is 33.7 Å². The Morgan fingerprint density at radius 2 is 2.00 bits per heavy atom. The van der Waals surface area contributed by atoms with E-state index in [1.165, 1.54) is 0 Å². The molecule has 0 aliphatic carbocycles. The smallest absolute Gasteiger partial charge is 0.231 e. The van der Waals surface area contributed by atoms with Crippen LogP contribution < -0.4 is 9.47 Å². The number of pyridine rings is 1. The van der Waals surface area contributed by atoms with Crippen LogP contribution in [0.4, 0.5) is 0 Å². The summed E-state index contributed by atoms with van der Waals surface area (Å²) in [5.41, 5.74) is 2.19. The van der Waals surface area contributed by atoms with E-state index in [-0.39, 0.29) is 0 Å². The van der Waals surface area contributed by atoms with Crippen molar-refractivity contribution in [1.82, 2.24) is 4.98 Å². The molecule has 0 spiro atoms. The maximum absolute atomic E-state index is 5.37. The molecule has 0 fully saturated rings. The number of aromatic nitrogens is 1. The molecule has 90 valence electrons. The van der Waals surface area contributed by atoms with Crippen LogP contribution in [0.3, 0.4) is 0 Å². The Kier molecular flexibility index (Phi) is 3.19. The number of ether oxygens (including phenoxy) is 2. The largest absolute Gasteiger partial charge is 0.454 e. The first-order valence-corrected chi connectivity index (χ1v) is 6.58. The predicted molar refractivity (Wildman–Crippen MR) is 78.4 cm³/mol. The fourth-order valence-corrected chi connectivity index (χ4v) is 2.34. The van der Waals surface area contributed by atoms with E-state index in [9.17, 15) is 0 Å². The first-order chi connectivity index (χ1) is 8.83. The topological polar surface area (TPSA) is 31.4 Å². The average Bonchev–Trinajstić information content (AvgIpc) is 2.84. The zero-order chi connectivity index (χ0) is 12.4. The van der Waals surface area contributed by atoms with Gasteiger partial charge in [-0.05, 0) is 51.9 Å². The maximum atomic E-state index is 5.37. The molecule has 1 aromatic heterocycles. The van der Waals surface area contributed by atoms with Crippen LogP contribution in [0, 0.1) is 3.57 Å². The second-order valence-corrected chi connectivity index (χ2v) is 5.01. The standard InChI is InChI=1S/C14H10INO2/c15-12-7-14-13(17-9-18-14)6-11(12)4-3-10-2-1-5-16-8-10/h1-8H,9H2. The van der Waals surface area contributed by atoms with Crippen molar-refractivity contribution in [2.24, 2.45) is 0 Å². The van der Waals surface area contributed by atoms with Crippen molar-refractivity contribution >= 4 is 34.7 Å². The zero-order valence-electron chi connectivity index (χ0n) is 9.47. The Morgan fingerprint density at radius 1 is 1.17 bits per heavy atom. The minimum absolute atomic E-state index is 0.307. The third-order valence-corrected chi connectivity index (χ3v) is 3.57. The molecule has 18 heavy (non-hydrogen) atoms. The highest BCUT2D eigenvalue weighted by molar-refractivity contribution is 14.1. The Hall–Kier alpha value is -1.56. The molecule has 0 unspecified atom stereocenters. The summed E-state index contributed by atoms with van der Waals surface area (Å²) in [7, 11) is 0. The Morgan fingerprint density at radius 3 is 2.78 bits per heavy atom. The summed E-state index contributed by atoms with van der Waals surface area (Å²) in [5.74, 6) is 1.62. The number of fused-ring (bicyclic) bond motifs is 1. The molecule has 0 N–H and O–H groups in total. The van der Waals surface area contributed by atoms with Gasteiger partial charge >= 0.3 is 0 Å². The highest BCUT2D eigenvalue weighted by Crippen LogP contribution is 2.35. The van der Waals surface area contributed by atoms with Gasteiger partial charge in [-0.25, -0.2) is 0 Å². The van der Waals surface area contributed by atoms with Crippen LogP contribution in [0.2, 0.25) is 0 Å². The van der Waals surface area contributed by atoms with Gasteiger partial charge in [-0.15, -0.1) is 0 Å². The third-order valence-electron chi connectivity index (χ3n) is 2.63. The first-order valence-electron chi connectivity index (χ1n) is 5.50. The summed E-state index contributed by atoms with van der Waals surface area (Å²) in [6.07, 6.45) is 7.69. The molecule has 4 heteroatoms. The second-order valence-electron chi connectivity index (χ2n) is 3.85. The van der Waals surface area contributed by atoms with E-state index in [1.54, 1.807) is 6.20 Å². The SMILES string of the molecule is Ic1cc2c(cc1C=Cc1cccnc1)OCO2. The fraction of sp³-hybridized carbons (Fsp3) is 0.0714. The Bertz CT molecular complexity index is 596. The van der Waals surface area contributed by atoms with Gasteiger partial charge in [0.1, 0.15) is 0 Å². The Balaban J connectivity index is 1.91. The number of benzene rings is 1. The first kappa shape index (κ1) is 11.5. The average molecular weight is 351 g/mol. The van der Waals surface area contributed by atoms with Gasteiger partial charge in [-0.2, -0.15) is 0 Å². The van der Waals surface area contributed by atoms with Crippen molar-refractivity contribution < 1.29 is 9.47 Å². The van der Waals surface area contributed by atoms with Crippen LogP contribution >= 0.6 is 22.6 Å².